The Hall–Kier alpha value is -2.60. The van der Waals surface area contributed by atoms with Gasteiger partial charge in [0.2, 0.25) is 5.91 Å². The van der Waals surface area contributed by atoms with Crippen LogP contribution in [0.1, 0.15) is 30.9 Å². The predicted octanol–water partition coefficient (Wildman–Crippen LogP) is 4.01. The number of aryl methyl sites for hydroxylation is 2. The van der Waals surface area contributed by atoms with Gasteiger partial charge < -0.3 is 5.32 Å². The summed E-state index contributed by atoms with van der Waals surface area (Å²) >= 11 is 1.29. The van der Waals surface area contributed by atoms with E-state index < -0.39 is 0 Å². The lowest BCUT2D eigenvalue weighted by Gasteiger charge is -2.17. The monoisotopic (exact) mass is 395 g/mol. The SMILES string of the molecule is CCCCNC(=O)CSc1nc2ccccc2c(=O)n1-c1c(C)cccc1C. The Morgan fingerprint density at radius 2 is 1.82 bits per heavy atom. The van der Waals surface area contributed by atoms with Gasteiger partial charge in [-0.05, 0) is 43.5 Å². The van der Waals surface area contributed by atoms with Gasteiger partial charge in [0, 0.05) is 6.54 Å². The molecule has 1 amide bonds. The van der Waals surface area contributed by atoms with Crippen LogP contribution in [-0.2, 0) is 4.79 Å². The average Bonchev–Trinajstić information content (AvgIpc) is 2.68. The van der Waals surface area contributed by atoms with Gasteiger partial charge in [-0.3, -0.25) is 14.2 Å². The maximum absolute atomic E-state index is 13.3. The number of hydrogen-bond donors (Lipinski definition) is 1. The molecule has 1 aromatic heterocycles. The highest BCUT2D eigenvalue weighted by Gasteiger charge is 2.17. The van der Waals surface area contributed by atoms with E-state index in [1.807, 2.05) is 50.2 Å². The maximum atomic E-state index is 13.3. The smallest absolute Gasteiger partial charge is 0.266 e. The van der Waals surface area contributed by atoms with E-state index in [4.69, 9.17) is 4.98 Å². The minimum absolute atomic E-state index is 0.0473. The van der Waals surface area contributed by atoms with Crippen LogP contribution in [-0.4, -0.2) is 27.8 Å². The second-order valence-electron chi connectivity index (χ2n) is 6.78. The molecular formula is C22H25N3O2S. The zero-order chi connectivity index (χ0) is 20.1. The Bertz CT molecular complexity index is 1040. The predicted molar refractivity (Wildman–Crippen MR) is 115 cm³/mol. The number of aromatic nitrogens is 2. The van der Waals surface area contributed by atoms with Crippen LogP contribution in [0.15, 0.2) is 52.4 Å². The fraction of sp³-hybridized carbons (Fsp3) is 0.318. The summed E-state index contributed by atoms with van der Waals surface area (Å²) in [5, 5.41) is 4.02. The first-order valence-electron chi connectivity index (χ1n) is 9.50. The molecule has 0 fully saturated rings. The number of thioether (sulfide) groups is 1. The van der Waals surface area contributed by atoms with Crippen molar-refractivity contribution in [2.75, 3.05) is 12.3 Å². The number of unbranched alkanes of at least 4 members (excludes halogenated alkanes) is 1. The number of rotatable bonds is 7. The molecule has 2 aromatic carbocycles. The fourth-order valence-corrected chi connectivity index (χ4v) is 3.98. The van der Waals surface area contributed by atoms with Crippen molar-refractivity contribution in [3.05, 3.63) is 63.9 Å². The number of hydrogen-bond acceptors (Lipinski definition) is 4. The van der Waals surface area contributed by atoms with E-state index >= 15 is 0 Å². The fourth-order valence-electron chi connectivity index (χ4n) is 3.15. The lowest BCUT2D eigenvalue weighted by atomic mass is 10.1. The normalized spacial score (nSPS) is 11.0. The van der Waals surface area contributed by atoms with Crippen molar-refractivity contribution in [3.63, 3.8) is 0 Å². The topological polar surface area (TPSA) is 64.0 Å². The van der Waals surface area contributed by atoms with Crippen molar-refractivity contribution in [3.8, 4) is 5.69 Å². The maximum Gasteiger partial charge on any atom is 0.266 e. The highest BCUT2D eigenvalue weighted by atomic mass is 32.2. The van der Waals surface area contributed by atoms with Gasteiger partial charge >= 0.3 is 0 Å². The Morgan fingerprint density at radius 1 is 1.11 bits per heavy atom. The molecule has 28 heavy (non-hydrogen) atoms. The van der Waals surface area contributed by atoms with E-state index in [9.17, 15) is 9.59 Å². The van der Waals surface area contributed by atoms with Crippen LogP contribution in [0.5, 0.6) is 0 Å². The second-order valence-corrected chi connectivity index (χ2v) is 7.73. The first kappa shape index (κ1) is 20.1. The van der Waals surface area contributed by atoms with Gasteiger partial charge in [-0.15, -0.1) is 0 Å². The molecule has 5 nitrogen and oxygen atoms in total. The van der Waals surface area contributed by atoms with E-state index in [1.54, 1.807) is 10.6 Å². The number of benzene rings is 2. The van der Waals surface area contributed by atoms with Gasteiger partial charge in [0.05, 0.1) is 22.3 Å². The first-order chi connectivity index (χ1) is 13.5. The summed E-state index contributed by atoms with van der Waals surface area (Å²) in [6.45, 7) is 6.72. The van der Waals surface area contributed by atoms with E-state index in [0.29, 0.717) is 22.6 Å². The highest BCUT2D eigenvalue weighted by Crippen LogP contribution is 2.25. The Morgan fingerprint density at radius 3 is 2.54 bits per heavy atom. The van der Waals surface area contributed by atoms with Crippen molar-refractivity contribution in [1.29, 1.82) is 0 Å². The summed E-state index contributed by atoms with van der Waals surface area (Å²) in [5.41, 5.74) is 3.35. The van der Waals surface area contributed by atoms with Gasteiger partial charge in [-0.2, -0.15) is 0 Å². The number of amides is 1. The summed E-state index contributed by atoms with van der Waals surface area (Å²) in [6.07, 6.45) is 1.99. The van der Waals surface area contributed by atoms with Crippen LogP contribution >= 0.6 is 11.8 Å². The molecule has 0 radical (unpaired) electrons. The molecule has 0 saturated heterocycles. The Balaban J connectivity index is 2.06. The van der Waals surface area contributed by atoms with Crippen molar-refractivity contribution >= 4 is 28.6 Å². The molecule has 1 heterocycles. The number of carbonyl (C=O) groups excluding carboxylic acids is 1. The second kappa shape index (κ2) is 9.06. The van der Waals surface area contributed by atoms with E-state index in [1.165, 1.54) is 11.8 Å². The van der Waals surface area contributed by atoms with Gasteiger partial charge in [-0.25, -0.2) is 4.98 Å². The van der Waals surface area contributed by atoms with Gasteiger partial charge in [0.1, 0.15) is 0 Å². The summed E-state index contributed by atoms with van der Waals surface area (Å²) in [5.74, 6) is 0.174. The van der Waals surface area contributed by atoms with Gasteiger partial charge in [0.25, 0.3) is 5.56 Å². The lowest BCUT2D eigenvalue weighted by Crippen LogP contribution is -2.27. The van der Waals surface area contributed by atoms with Crippen LogP contribution in [0, 0.1) is 13.8 Å². The number of fused-ring (bicyclic) bond motifs is 1. The van der Waals surface area contributed by atoms with Crippen molar-refractivity contribution in [1.82, 2.24) is 14.9 Å². The summed E-state index contributed by atoms with van der Waals surface area (Å²) in [7, 11) is 0. The van der Waals surface area contributed by atoms with Crippen molar-refractivity contribution in [2.45, 2.75) is 38.8 Å². The molecular weight excluding hydrogens is 370 g/mol. The molecule has 0 aliphatic rings. The quantitative estimate of drug-likeness (QED) is 0.373. The number of carbonyl (C=O) groups is 1. The number of nitrogens with zero attached hydrogens (tertiary/aromatic N) is 2. The number of nitrogens with one attached hydrogen (secondary N) is 1. The van der Waals surface area contributed by atoms with Gasteiger partial charge in [-0.1, -0.05) is 55.4 Å². The van der Waals surface area contributed by atoms with Gasteiger partial charge in [0.15, 0.2) is 5.16 Å². The summed E-state index contributed by atoms with van der Waals surface area (Å²) in [6, 6.07) is 13.3. The standard InChI is InChI=1S/C22H25N3O2S/c1-4-5-13-23-19(26)14-28-22-24-18-12-7-6-11-17(18)21(27)25(22)20-15(2)9-8-10-16(20)3/h6-12H,4-5,13-14H2,1-3H3,(H,23,26). The van der Waals surface area contributed by atoms with Crippen LogP contribution in [0.2, 0.25) is 0 Å². The largest absolute Gasteiger partial charge is 0.355 e. The molecule has 0 aliphatic heterocycles. The Labute approximate surface area is 169 Å². The third-order valence-corrected chi connectivity index (χ3v) is 5.53. The molecule has 0 spiro atoms. The average molecular weight is 396 g/mol. The Kier molecular flexibility index (Phi) is 6.52. The zero-order valence-electron chi connectivity index (χ0n) is 16.5. The molecule has 0 bridgehead atoms. The molecule has 0 aliphatic carbocycles. The molecule has 6 heteroatoms. The summed E-state index contributed by atoms with van der Waals surface area (Å²) < 4.78 is 1.65. The third kappa shape index (κ3) is 4.28. The third-order valence-electron chi connectivity index (χ3n) is 4.59. The zero-order valence-corrected chi connectivity index (χ0v) is 17.3. The molecule has 3 aromatic rings. The van der Waals surface area contributed by atoms with Crippen molar-refractivity contribution in [2.24, 2.45) is 0 Å². The van der Waals surface area contributed by atoms with Crippen LogP contribution in [0.25, 0.3) is 16.6 Å². The van der Waals surface area contributed by atoms with Crippen LogP contribution in [0.4, 0.5) is 0 Å². The van der Waals surface area contributed by atoms with E-state index in [-0.39, 0.29) is 17.2 Å². The van der Waals surface area contributed by atoms with Crippen LogP contribution < -0.4 is 10.9 Å². The summed E-state index contributed by atoms with van der Waals surface area (Å²) in [4.78, 5) is 30.2. The van der Waals surface area contributed by atoms with E-state index in [2.05, 4.69) is 12.2 Å². The molecule has 1 N–H and O–H groups in total. The molecule has 0 saturated carbocycles. The number of para-hydroxylation sites is 2. The minimum Gasteiger partial charge on any atom is -0.355 e. The molecule has 3 rings (SSSR count). The molecule has 0 atom stereocenters. The highest BCUT2D eigenvalue weighted by molar-refractivity contribution is 7.99. The molecule has 146 valence electrons. The van der Waals surface area contributed by atoms with Crippen LogP contribution in [0.3, 0.4) is 0 Å². The van der Waals surface area contributed by atoms with E-state index in [0.717, 1.165) is 29.7 Å². The first-order valence-corrected chi connectivity index (χ1v) is 10.5. The lowest BCUT2D eigenvalue weighted by molar-refractivity contribution is -0.118. The minimum atomic E-state index is -0.114. The molecule has 0 unspecified atom stereocenters. The van der Waals surface area contributed by atoms with Crippen molar-refractivity contribution < 1.29 is 4.79 Å².